The number of nitrogens with zero attached hydrogens (tertiary/aromatic N) is 5. The summed E-state index contributed by atoms with van der Waals surface area (Å²) in [6.07, 6.45) is 5.13. The van der Waals surface area contributed by atoms with Crippen LogP contribution in [0.1, 0.15) is 29.4 Å². The first-order valence-corrected chi connectivity index (χ1v) is 11.3. The zero-order valence-electron chi connectivity index (χ0n) is 18.5. The van der Waals surface area contributed by atoms with Gasteiger partial charge in [0.2, 0.25) is 5.91 Å². The normalized spacial score (nSPS) is 12.5. The monoisotopic (exact) mass is 458 g/mol. The molecule has 166 valence electrons. The number of carbonyl (C=O) groups is 1. The summed E-state index contributed by atoms with van der Waals surface area (Å²) >= 11 is 1.48. The van der Waals surface area contributed by atoms with Gasteiger partial charge in [0.05, 0.1) is 33.9 Å². The van der Waals surface area contributed by atoms with E-state index in [2.05, 4.69) is 26.5 Å². The van der Waals surface area contributed by atoms with Gasteiger partial charge in [-0.2, -0.15) is 5.10 Å². The fraction of sp³-hybridized carbons (Fsp3) is 0.208. The number of benzene rings is 1. The van der Waals surface area contributed by atoms with Crippen LogP contribution in [0.4, 0.5) is 5.13 Å². The molecule has 0 fully saturated rings. The van der Waals surface area contributed by atoms with Crippen LogP contribution in [0.5, 0.6) is 0 Å². The van der Waals surface area contributed by atoms with Crippen molar-refractivity contribution < 1.29 is 9.63 Å². The minimum atomic E-state index is -0.133. The summed E-state index contributed by atoms with van der Waals surface area (Å²) in [5, 5.41) is 12.4. The Morgan fingerprint density at radius 1 is 1.27 bits per heavy atom. The van der Waals surface area contributed by atoms with Crippen LogP contribution in [0.15, 0.2) is 47.8 Å². The van der Waals surface area contributed by atoms with Crippen LogP contribution >= 0.6 is 11.3 Å². The molecule has 1 N–H and O–H groups in total. The zero-order valence-corrected chi connectivity index (χ0v) is 19.3. The lowest BCUT2D eigenvalue weighted by Gasteiger charge is -2.14. The van der Waals surface area contributed by atoms with Gasteiger partial charge < -0.3 is 10.2 Å². The van der Waals surface area contributed by atoms with Crippen molar-refractivity contribution >= 4 is 28.6 Å². The van der Waals surface area contributed by atoms with Gasteiger partial charge in [0.15, 0.2) is 5.13 Å². The molecule has 0 atom stereocenters. The van der Waals surface area contributed by atoms with Crippen molar-refractivity contribution in [2.24, 2.45) is 5.16 Å². The van der Waals surface area contributed by atoms with Crippen molar-refractivity contribution in [3.8, 4) is 27.5 Å². The highest BCUT2D eigenvalue weighted by Crippen LogP contribution is 2.44. The standard InChI is InChI=1S/C24H22N6O2S/c1-14-7-8-17(13-25-14)21-19-9-10-20-23(33-24(28-20)27-15(2)31)22(19)30(29-21)18-6-4-5-16(11-18)12-26-32-3/h4-8,11-13H,9-10H2,1-3H3,(H,27,28,31). The first-order chi connectivity index (χ1) is 16.0. The van der Waals surface area contributed by atoms with Gasteiger partial charge in [-0.05, 0) is 49.6 Å². The van der Waals surface area contributed by atoms with Crippen LogP contribution < -0.4 is 5.32 Å². The van der Waals surface area contributed by atoms with E-state index >= 15 is 0 Å². The smallest absolute Gasteiger partial charge is 0.223 e. The molecule has 0 spiro atoms. The van der Waals surface area contributed by atoms with E-state index < -0.39 is 0 Å². The summed E-state index contributed by atoms with van der Waals surface area (Å²) in [7, 11) is 1.52. The van der Waals surface area contributed by atoms with Gasteiger partial charge in [0.25, 0.3) is 0 Å². The average Bonchev–Trinajstić information content (AvgIpc) is 3.39. The number of fused-ring (bicyclic) bond motifs is 3. The molecule has 3 aromatic heterocycles. The second kappa shape index (κ2) is 8.59. The van der Waals surface area contributed by atoms with Crippen LogP contribution in [0, 0.1) is 6.92 Å². The summed E-state index contributed by atoms with van der Waals surface area (Å²) in [4.78, 5) is 26.6. The summed E-state index contributed by atoms with van der Waals surface area (Å²) in [6.45, 7) is 3.46. The third kappa shape index (κ3) is 4.03. The lowest BCUT2D eigenvalue weighted by Crippen LogP contribution is -2.07. The van der Waals surface area contributed by atoms with Crippen molar-refractivity contribution in [2.75, 3.05) is 12.4 Å². The van der Waals surface area contributed by atoms with E-state index in [-0.39, 0.29) is 5.91 Å². The maximum absolute atomic E-state index is 11.6. The Balaban J connectivity index is 1.71. The van der Waals surface area contributed by atoms with E-state index in [0.29, 0.717) is 5.13 Å². The zero-order chi connectivity index (χ0) is 22.9. The molecule has 1 aliphatic carbocycles. The second-order valence-electron chi connectivity index (χ2n) is 7.76. The third-order valence-corrected chi connectivity index (χ3v) is 6.42. The minimum absolute atomic E-state index is 0.133. The Morgan fingerprint density at radius 2 is 2.15 bits per heavy atom. The molecule has 0 unspecified atom stereocenters. The maximum atomic E-state index is 11.6. The number of nitrogens with one attached hydrogen (secondary N) is 1. The van der Waals surface area contributed by atoms with Crippen LogP contribution in [0.25, 0.3) is 27.5 Å². The van der Waals surface area contributed by atoms with Crippen LogP contribution in [-0.4, -0.2) is 39.0 Å². The molecule has 1 amide bonds. The number of carbonyl (C=O) groups excluding carboxylic acids is 1. The van der Waals surface area contributed by atoms with Gasteiger partial charge in [-0.15, -0.1) is 0 Å². The van der Waals surface area contributed by atoms with Crippen LogP contribution in [-0.2, 0) is 22.5 Å². The quantitative estimate of drug-likeness (QED) is 0.353. The summed E-state index contributed by atoms with van der Waals surface area (Å²) < 4.78 is 1.96. The highest BCUT2D eigenvalue weighted by atomic mass is 32.1. The predicted octanol–water partition coefficient (Wildman–Crippen LogP) is 4.40. The highest BCUT2D eigenvalue weighted by molar-refractivity contribution is 7.19. The highest BCUT2D eigenvalue weighted by Gasteiger charge is 2.30. The number of rotatable bonds is 5. The molecular weight excluding hydrogens is 436 g/mol. The second-order valence-corrected chi connectivity index (χ2v) is 8.76. The molecule has 0 radical (unpaired) electrons. The van der Waals surface area contributed by atoms with E-state index in [1.807, 2.05) is 48.1 Å². The molecule has 33 heavy (non-hydrogen) atoms. The molecule has 4 aromatic rings. The number of hydrogen-bond donors (Lipinski definition) is 1. The van der Waals surface area contributed by atoms with E-state index in [1.165, 1.54) is 25.4 Å². The number of oxime groups is 1. The molecule has 8 nitrogen and oxygen atoms in total. The largest absolute Gasteiger partial charge is 0.399 e. The molecule has 5 rings (SSSR count). The third-order valence-electron chi connectivity index (χ3n) is 5.40. The Kier molecular flexibility index (Phi) is 5.47. The van der Waals surface area contributed by atoms with Gasteiger partial charge in [-0.25, -0.2) is 9.67 Å². The molecule has 9 heteroatoms. The molecule has 0 saturated carbocycles. The van der Waals surface area contributed by atoms with Crippen molar-refractivity contribution in [1.82, 2.24) is 19.7 Å². The molecular formula is C24H22N6O2S. The Hall–Kier alpha value is -3.85. The predicted molar refractivity (Wildman–Crippen MR) is 129 cm³/mol. The van der Waals surface area contributed by atoms with Gasteiger partial charge in [-0.1, -0.05) is 28.6 Å². The van der Waals surface area contributed by atoms with Gasteiger partial charge in [-0.3, -0.25) is 9.78 Å². The fourth-order valence-electron chi connectivity index (χ4n) is 3.95. The van der Waals surface area contributed by atoms with Crippen LogP contribution in [0.2, 0.25) is 0 Å². The molecule has 0 aliphatic heterocycles. The van der Waals surface area contributed by atoms with E-state index in [1.54, 1.807) is 6.21 Å². The average molecular weight is 459 g/mol. The van der Waals surface area contributed by atoms with Crippen molar-refractivity contribution in [3.63, 3.8) is 0 Å². The molecule has 0 bridgehead atoms. The van der Waals surface area contributed by atoms with Gasteiger partial charge >= 0.3 is 0 Å². The summed E-state index contributed by atoms with van der Waals surface area (Å²) in [6, 6.07) is 12.0. The number of hydrogen-bond acceptors (Lipinski definition) is 7. The van der Waals surface area contributed by atoms with Gasteiger partial charge in [0.1, 0.15) is 7.11 Å². The first kappa shape index (κ1) is 21.0. The molecule has 3 heterocycles. The maximum Gasteiger partial charge on any atom is 0.223 e. The summed E-state index contributed by atoms with van der Waals surface area (Å²) in [5.74, 6) is -0.133. The van der Waals surface area contributed by atoms with Crippen LogP contribution in [0.3, 0.4) is 0 Å². The lowest BCUT2D eigenvalue weighted by atomic mass is 9.95. The lowest BCUT2D eigenvalue weighted by molar-refractivity contribution is -0.114. The SMILES string of the molecule is CON=Cc1cccc(-n2nc(-c3ccc(C)nc3)c3c2-c2sc(NC(C)=O)nc2CC3)c1. The minimum Gasteiger partial charge on any atom is -0.399 e. The first-order valence-electron chi connectivity index (χ1n) is 10.5. The topological polar surface area (TPSA) is 94.3 Å². The van der Waals surface area contributed by atoms with Crippen molar-refractivity contribution in [1.29, 1.82) is 0 Å². The Morgan fingerprint density at radius 3 is 2.91 bits per heavy atom. The number of thiazole rings is 1. The number of amides is 1. The van der Waals surface area contributed by atoms with Gasteiger partial charge in [0, 0.05) is 29.9 Å². The number of anilines is 1. The molecule has 0 saturated heterocycles. The number of aromatic nitrogens is 4. The van der Waals surface area contributed by atoms with Crippen molar-refractivity contribution in [2.45, 2.75) is 26.7 Å². The number of pyridine rings is 1. The Labute approximate surface area is 195 Å². The van der Waals surface area contributed by atoms with Crippen molar-refractivity contribution in [3.05, 3.63) is 65.1 Å². The molecule has 1 aliphatic rings. The van der Waals surface area contributed by atoms with E-state index in [4.69, 9.17) is 9.94 Å². The Bertz CT molecular complexity index is 1370. The summed E-state index contributed by atoms with van der Waals surface area (Å²) in [5.41, 5.74) is 7.78. The number of aryl methyl sites for hydroxylation is 2. The molecule has 1 aromatic carbocycles. The fourth-order valence-corrected chi connectivity index (χ4v) is 5.07. The van der Waals surface area contributed by atoms with E-state index in [0.717, 1.165) is 62.9 Å². The van der Waals surface area contributed by atoms with E-state index in [9.17, 15) is 4.79 Å².